The minimum absolute atomic E-state index is 0.0153. The van der Waals surface area contributed by atoms with E-state index in [4.69, 9.17) is 4.74 Å². The Labute approximate surface area is 426 Å². The highest BCUT2D eigenvalue weighted by atomic mass is 32.2. The van der Waals surface area contributed by atoms with Crippen molar-refractivity contribution in [3.05, 3.63) is 275 Å². The fourth-order valence-electron chi connectivity index (χ4n) is 10.2. The highest BCUT2D eigenvalue weighted by Gasteiger charge is 2.40. The van der Waals surface area contributed by atoms with Gasteiger partial charge in [0.1, 0.15) is 18.7 Å². The van der Waals surface area contributed by atoms with Crippen molar-refractivity contribution in [2.45, 2.75) is 54.5 Å². The summed E-state index contributed by atoms with van der Waals surface area (Å²) in [4.78, 5) is 41.9. The quantitative estimate of drug-likeness (QED) is 0.0419. The molecular weight excluding hydrogens is 911 g/mol. The largest absolute Gasteiger partial charge is 0.480 e. The molecule has 362 valence electrons. The molecule has 0 radical (unpaired) electrons. The molecule has 2 unspecified atom stereocenters. The Morgan fingerprint density at radius 1 is 0.528 bits per heavy atom. The summed E-state index contributed by atoms with van der Waals surface area (Å²) in [5.74, 6) is -1.95. The fourth-order valence-corrected chi connectivity index (χ4v) is 11.8. The van der Waals surface area contributed by atoms with E-state index in [1.807, 2.05) is 91.0 Å². The fraction of sp³-hybridized carbons (Fsp3) is 0.190. The Bertz CT molecular complexity index is 2870. The van der Waals surface area contributed by atoms with E-state index in [-0.39, 0.29) is 24.7 Å². The maximum atomic E-state index is 14.7. The van der Waals surface area contributed by atoms with Crippen LogP contribution >= 0.6 is 11.8 Å². The number of amides is 2. The molecule has 0 aromatic heterocycles. The van der Waals surface area contributed by atoms with Crippen molar-refractivity contribution < 1.29 is 24.2 Å². The van der Waals surface area contributed by atoms with Crippen molar-refractivity contribution in [1.29, 1.82) is 0 Å². The van der Waals surface area contributed by atoms with Gasteiger partial charge in [0.05, 0.1) is 10.3 Å². The molecule has 8 nitrogen and oxygen atoms in total. The van der Waals surface area contributed by atoms with Crippen LogP contribution in [0.4, 0.5) is 4.79 Å². The third-order valence-electron chi connectivity index (χ3n) is 13.8. The number of ether oxygens (including phenoxy) is 1. The first-order valence-electron chi connectivity index (χ1n) is 24.7. The maximum Gasteiger partial charge on any atom is 0.407 e. The molecule has 1 aliphatic rings. The van der Waals surface area contributed by atoms with Crippen molar-refractivity contribution in [1.82, 2.24) is 16.0 Å². The molecule has 2 atom stereocenters. The molecule has 4 N–H and O–H groups in total. The zero-order chi connectivity index (χ0) is 49.8. The lowest BCUT2D eigenvalue weighted by atomic mass is 9.76. The second kappa shape index (κ2) is 23.0. The number of fused-ring (bicyclic) bond motifs is 3. The van der Waals surface area contributed by atoms with Crippen LogP contribution < -0.4 is 16.0 Å². The molecule has 0 heterocycles. The Morgan fingerprint density at radius 3 is 1.43 bits per heavy atom. The highest BCUT2D eigenvalue weighted by Crippen LogP contribution is 2.49. The standard InChI is InChI=1S/C63H59N3O5S/c1-45-38-40-48(41-39-45)62(46-23-7-2-8-24-46,47-25-9-3-10-26-47)64-42-22-21-37-57(66-61(70)71-43-56-54-35-19-17-33-52(54)53-34-18-20-36-55(53)56)59(67)65-58(60(68)69)44-72-63(49-27-11-4-12-28-49,50-29-13-5-14-30-50)51-31-15-6-16-32-51/h2-20,23-36,38-41,56-58,64H,21-22,37,42-44H2,1H3,(H,65,67)(H,66,70)(H,68,69). The van der Waals surface area contributed by atoms with E-state index in [9.17, 15) is 19.5 Å². The molecular formula is C63H59N3O5S. The van der Waals surface area contributed by atoms with Crippen LogP contribution in [-0.4, -0.2) is 54.1 Å². The van der Waals surface area contributed by atoms with Crippen LogP contribution in [0.1, 0.15) is 75.3 Å². The van der Waals surface area contributed by atoms with Gasteiger partial charge in [-0.3, -0.25) is 10.1 Å². The van der Waals surface area contributed by atoms with Crippen molar-refractivity contribution in [3.8, 4) is 11.1 Å². The van der Waals surface area contributed by atoms with Crippen molar-refractivity contribution in [2.24, 2.45) is 0 Å². The number of carboxylic acid groups (broad SMARTS) is 1. The average Bonchev–Trinajstić information content (AvgIpc) is 3.75. The molecule has 9 heteroatoms. The van der Waals surface area contributed by atoms with Gasteiger partial charge in [-0.05, 0) is 88.4 Å². The minimum atomic E-state index is -1.31. The molecule has 72 heavy (non-hydrogen) atoms. The van der Waals surface area contributed by atoms with Gasteiger partial charge in [0.2, 0.25) is 5.91 Å². The molecule has 0 spiro atoms. The summed E-state index contributed by atoms with van der Waals surface area (Å²) in [6, 6.07) is 73.3. The third-order valence-corrected chi connectivity index (χ3v) is 15.4. The summed E-state index contributed by atoms with van der Waals surface area (Å²) in [5, 5.41) is 20.5. The number of aryl methyl sites for hydroxylation is 1. The van der Waals surface area contributed by atoms with Gasteiger partial charge < -0.3 is 20.5 Å². The predicted octanol–water partition coefficient (Wildman–Crippen LogP) is 12.2. The van der Waals surface area contributed by atoms with E-state index < -0.39 is 40.3 Å². The monoisotopic (exact) mass is 969 g/mol. The van der Waals surface area contributed by atoms with E-state index in [0.29, 0.717) is 19.4 Å². The lowest BCUT2D eigenvalue weighted by Gasteiger charge is -2.37. The molecule has 0 aliphatic heterocycles. The first-order valence-corrected chi connectivity index (χ1v) is 25.6. The van der Waals surface area contributed by atoms with Crippen LogP contribution in [0.3, 0.4) is 0 Å². The van der Waals surface area contributed by atoms with E-state index in [2.05, 4.69) is 156 Å². The van der Waals surface area contributed by atoms with Gasteiger partial charge in [0.15, 0.2) is 0 Å². The Morgan fingerprint density at radius 2 is 0.958 bits per heavy atom. The Kier molecular flexibility index (Phi) is 15.7. The molecule has 8 aromatic rings. The molecule has 0 saturated heterocycles. The number of alkyl carbamates (subject to hydrolysis) is 1. The highest BCUT2D eigenvalue weighted by molar-refractivity contribution is 8.00. The van der Waals surface area contributed by atoms with Crippen LogP contribution in [0.2, 0.25) is 0 Å². The molecule has 8 aromatic carbocycles. The molecule has 1 aliphatic carbocycles. The van der Waals surface area contributed by atoms with Crippen LogP contribution in [0, 0.1) is 6.92 Å². The lowest BCUT2D eigenvalue weighted by molar-refractivity contribution is -0.141. The van der Waals surface area contributed by atoms with Crippen LogP contribution in [0.25, 0.3) is 11.1 Å². The smallest absolute Gasteiger partial charge is 0.407 e. The van der Waals surface area contributed by atoms with Crippen LogP contribution in [-0.2, 0) is 24.6 Å². The molecule has 0 bridgehead atoms. The number of carbonyl (C=O) groups excluding carboxylic acids is 2. The summed E-state index contributed by atoms with van der Waals surface area (Å²) in [5.41, 5.74) is 11.0. The van der Waals surface area contributed by atoms with Gasteiger partial charge in [-0.2, -0.15) is 0 Å². The van der Waals surface area contributed by atoms with E-state index in [0.717, 1.165) is 61.2 Å². The third kappa shape index (κ3) is 10.6. The Balaban J connectivity index is 0.960. The number of thioether (sulfide) groups is 1. The first kappa shape index (κ1) is 49.3. The van der Waals surface area contributed by atoms with Gasteiger partial charge >= 0.3 is 12.1 Å². The SMILES string of the molecule is Cc1ccc(C(NCCCCC(NC(=O)OCC2c3ccccc3-c3ccccc32)C(=O)NC(CSC(c2ccccc2)(c2ccccc2)c2ccccc2)C(=O)O)(c2ccccc2)c2ccccc2)cc1. The number of unbranched alkanes of at least 4 members (excludes halogenated alkanes) is 1. The number of aliphatic carboxylic acids is 1. The first-order chi connectivity index (χ1) is 35.3. The number of hydrogen-bond donors (Lipinski definition) is 4. The van der Waals surface area contributed by atoms with Gasteiger partial charge in [-0.25, -0.2) is 9.59 Å². The molecule has 0 fully saturated rings. The van der Waals surface area contributed by atoms with Crippen molar-refractivity contribution in [2.75, 3.05) is 18.9 Å². The summed E-state index contributed by atoms with van der Waals surface area (Å²) in [7, 11) is 0. The predicted molar refractivity (Wildman–Crippen MR) is 289 cm³/mol. The lowest BCUT2D eigenvalue weighted by Crippen LogP contribution is -2.53. The van der Waals surface area contributed by atoms with E-state index >= 15 is 0 Å². The zero-order valence-corrected chi connectivity index (χ0v) is 41.1. The average molecular weight is 970 g/mol. The minimum Gasteiger partial charge on any atom is -0.480 e. The summed E-state index contributed by atoms with van der Waals surface area (Å²) >= 11 is 1.45. The number of benzene rings is 8. The summed E-state index contributed by atoms with van der Waals surface area (Å²) in [6.07, 6.45) is 0.635. The van der Waals surface area contributed by atoms with E-state index in [1.165, 1.54) is 11.8 Å². The second-order valence-corrected chi connectivity index (χ2v) is 19.5. The number of carboxylic acids is 1. The van der Waals surface area contributed by atoms with Gasteiger partial charge in [0, 0.05) is 11.7 Å². The zero-order valence-electron chi connectivity index (χ0n) is 40.3. The normalized spacial score (nSPS) is 13.0. The number of hydrogen-bond acceptors (Lipinski definition) is 6. The molecule has 0 saturated carbocycles. The summed E-state index contributed by atoms with van der Waals surface area (Å²) < 4.78 is 5.16. The molecule has 2 amide bonds. The van der Waals surface area contributed by atoms with E-state index in [1.54, 1.807) is 0 Å². The Hall–Kier alpha value is -7.72. The van der Waals surface area contributed by atoms with Crippen molar-refractivity contribution in [3.63, 3.8) is 0 Å². The molecule has 9 rings (SSSR count). The van der Waals surface area contributed by atoms with Gasteiger partial charge in [0.25, 0.3) is 0 Å². The summed E-state index contributed by atoms with van der Waals surface area (Å²) in [6.45, 7) is 2.71. The second-order valence-electron chi connectivity index (χ2n) is 18.3. The number of rotatable bonds is 21. The number of nitrogens with one attached hydrogen (secondary N) is 3. The van der Waals surface area contributed by atoms with Crippen LogP contribution in [0.15, 0.2) is 224 Å². The van der Waals surface area contributed by atoms with Crippen LogP contribution in [0.5, 0.6) is 0 Å². The van der Waals surface area contributed by atoms with Gasteiger partial charge in [-0.15, -0.1) is 11.8 Å². The topological polar surface area (TPSA) is 117 Å². The number of carbonyl (C=O) groups is 3. The van der Waals surface area contributed by atoms with Crippen molar-refractivity contribution >= 4 is 29.7 Å². The maximum absolute atomic E-state index is 14.7. The van der Waals surface area contributed by atoms with Gasteiger partial charge in [-0.1, -0.05) is 230 Å².